The third kappa shape index (κ3) is 2.48. The Kier molecular flexibility index (Phi) is 2.90. The highest BCUT2D eigenvalue weighted by Crippen LogP contribution is 2.25. The zero-order valence-corrected chi connectivity index (χ0v) is 8.60. The van der Waals surface area contributed by atoms with Crippen LogP contribution in [0.4, 0.5) is 0 Å². The van der Waals surface area contributed by atoms with Gasteiger partial charge in [0.05, 0.1) is 6.33 Å². The molecule has 2 atom stereocenters. The molecule has 0 aliphatic carbocycles. The van der Waals surface area contributed by atoms with Crippen molar-refractivity contribution in [1.82, 2.24) is 15.3 Å². The van der Waals surface area contributed by atoms with E-state index in [1.807, 2.05) is 6.20 Å². The second-order valence-electron chi connectivity index (χ2n) is 3.53. The van der Waals surface area contributed by atoms with Crippen LogP contribution in [0.1, 0.15) is 19.0 Å². The van der Waals surface area contributed by atoms with Crippen LogP contribution in [0.15, 0.2) is 12.5 Å². The third-order valence-corrected chi connectivity index (χ3v) is 3.69. The molecule has 1 aromatic rings. The lowest BCUT2D eigenvalue weighted by molar-refractivity contribution is 0.534. The van der Waals surface area contributed by atoms with Gasteiger partial charge < -0.3 is 10.3 Å². The van der Waals surface area contributed by atoms with E-state index in [0.717, 1.165) is 11.8 Å². The molecule has 2 unspecified atom stereocenters. The van der Waals surface area contributed by atoms with E-state index in [-0.39, 0.29) is 0 Å². The summed E-state index contributed by atoms with van der Waals surface area (Å²) >= 11 is 2.05. The highest BCUT2D eigenvalue weighted by Gasteiger charge is 2.20. The predicted octanol–water partition coefficient (Wildman–Crippen LogP) is 1.39. The molecule has 0 aromatic carbocycles. The molecule has 2 heterocycles. The van der Waals surface area contributed by atoms with Crippen LogP contribution in [0.25, 0.3) is 0 Å². The first-order valence-corrected chi connectivity index (χ1v) is 5.71. The Morgan fingerprint density at radius 1 is 1.77 bits per heavy atom. The van der Waals surface area contributed by atoms with Gasteiger partial charge in [-0.2, -0.15) is 11.8 Å². The quantitative estimate of drug-likeness (QED) is 0.769. The molecule has 13 heavy (non-hydrogen) atoms. The molecule has 2 rings (SSSR count). The number of hydrogen-bond donors (Lipinski definition) is 2. The molecule has 1 aliphatic rings. The van der Waals surface area contributed by atoms with Crippen molar-refractivity contribution >= 4 is 11.8 Å². The maximum absolute atomic E-state index is 3.98. The van der Waals surface area contributed by atoms with E-state index in [4.69, 9.17) is 0 Å². The van der Waals surface area contributed by atoms with Crippen LogP contribution in [0, 0.1) is 0 Å². The first-order chi connectivity index (χ1) is 6.34. The Balaban J connectivity index is 1.74. The minimum absolute atomic E-state index is 0.684. The van der Waals surface area contributed by atoms with E-state index in [0.29, 0.717) is 6.04 Å². The summed E-state index contributed by atoms with van der Waals surface area (Å²) in [5, 5.41) is 4.34. The maximum atomic E-state index is 3.98. The summed E-state index contributed by atoms with van der Waals surface area (Å²) < 4.78 is 0. The molecule has 0 radical (unpaired) electrons. The highest BCUT2D eigenvalue weighted by molar-refractivity contribution is 8.00. The lowest BCUT2D eigenvalue weighted by Gasteiger charge is -2.09. The molecule has 0 bridgehead atoms. The number of rotatable bonds is 3. The minimum Gasteiger partial charge on any atom is -0.347 e. The van der Waals surface area contributed by atoms with Crippen molar-refractivity contribution in [3.05, 3.63) is 18.2 Å². The molecule has 0 saturated carbocycles. The Bertz CT molecular complexity index is 247. The summed E-state index contributed by atoms with van der Waals surface area (Å²) in [6, 6.07) is 0.684. The Labute approximate surface area is 82.7 Å². The van der Waals surface area contributed by atoms with Gasteiger partial charge in [0, 0.05) is 35.5 Å². The lowest BCUT2D eigenvalue weighted by atomic mass is 10.2. The van der Waals surface area contributed by atoms with Crippen molar-refractivity contribution in [2.45, 2.75) is 31.2 Å². The van der Waals surface area contributed by atoms with Gasteiger partial charge in [0.15, 0.2) is 0 Å². The summed E-state index contributed by atoms with van der Waals surface area (Å²) in [7, 11) is 0. The van der Waals surface area contributed by atoms with Crippen molar-refractivity contribution in [1.29, 1.82) is 0 Å². The van der Waals surface area contributed by atoms with Crippen molar-refractivity contribution in [3.8, 4) is 0 Å². The average Bonchev–Trinajstić information content (AvgIpc) is 2.71. The lowest BCUT2D eigenvalue weighted by Crippen LogP contribution is -2.28. The summed E-state index contributed by atoms with van der Waals surface area (Å²) in [4.78, 5) is 7.07. The number of thioether (sulfide) groups is 1. The summed E-state index contributed by atoms with van der Waals surface area (Å²) in [6.07, 6.45) is 4.89. The molecule has 2 N–H and O–H groups in total. The SMILES string of the molecule is CC1CC(NCc2cnc[nH]2)CS1. The van der Waals surface area contributed by atoms with Crippen molar-refractivity contribution in [2.75, 3.05) is 5.75 Å². The van der Waals surface area contributed by atoms with E-state index < -0.39 is 0 Å². The molecule has 0 amide bonds. The second-order valence-corrected chi connectivity index (χ2v) is 5.01. The molecule has 3 nitrogen and oxygen atoms in total. The molecule has 4 heteroatoms. The monoisotopic (exact) mass is 197 g/mol. The van der Waals surface area contributed by atoms with Crippen LogP contribution in [0.3, 0.4) is 0 Å². The molecule has 72 valence electrons. The fourth-order valence-electron chi connectivity index (χ4n) is 1.60. The molecule has 1 aromatic heterocycles. The zero-order valence-electron chi connectivity index (χ0n) is 7.79. The summed E-state index contributed by atoms with van der Waals surface area (Å²) in [5.41, 5.74) is 1.17. The Hall–Kier alpha value is -0.480. The van der Waals surface area contributed by atoms with E-state index in [1.54, 1.807) is 6.33 Å². The standard InChI is InChI=1S/C9H15N3S/c1-7-2-8(5-13-7)11-4-9-3-10-6-12-9/h3,6-8,11H,2,4-5H2,1H3,(H,10,12). The van der Waals surface area contributed by atoms with Crippen LogP contribution < -0.4 is 5.32 Å². The van der Waals surface area contributed by atoms with Crippen LogP contribution >= 0.6 is 11.8 Å². The normalized spacial score (nSPS) is 28.1. The van der Waals surface area contributed by atoms with Crippen molar-refractivity contribution in [3.63, 3.8) is 0 Å². The van der Waals surface area contributed by atoms with E-state index in [1.165, 1.54) is 17.9 Å². The summed E-state index contributed by atoms with van der Waals surface area (Å²) in [6.45, 7) is 3.21. The molecule has 1 saturated heterocycles. The number of H-pyrrole nitrogens is 1. The first-order valence-electron chi connectivity index (χ1n) is 4.67. The fraction of sp³-hybridized carbons (Fsp3) is 0.667. The van der Waals surface area contributed by atoms with Crippen molar-refractivity contribution < 1.29 is 0 Å². The van der Waals surface area contributed by atoms with E-state index >= 15 is 0 Å². The van der Waals surface area contributed by atoms with E-state index in [2.05, 4.69) is 34.0 Å². The Morgan fingerprint density at radius 3 is 3.31 bits per heavy atom. The van der Waals surface area contributed by atoms with Gasteiger partial charge in [0.1, 0.15) is 0 Å². The van der Waals surface area contributed by atoms with Crippen LogP contribution in [0.5, 0.6) is 0 Å². The molecule has 1 fully saturated rings. The van der Waals surface area contributed by atoms with Gasteiger partial charge in [-0.15, -0.1) is 0 Å². The number of nitrogens with zero attached hydrogens (tertiary/aromatic N) is 1. The number of hydrogen-bond acceptors (Lipinski definition) is 3. The number of imidazole rings is 1. The van der Waals surface area contributed by atoms with Gasteiger partial charge in [0.25, 0.3) is 0 Å². The van der Waals surface area contributed by atoms with Gasteiger partial charge in [-0.1, -0.05) is 6.92 Å². The minimum atomic E-state index is 0.684. The van der Waals surface area contributed by atoms with Gasteiger partial charge in [-0.3, -0.25) is 0 Å². The Morgan fingerprint density at radius 2 is 2.69 bits per heavy atom. The van der Waals surface area contributed by atoms with Crippen LogP contribution in [-0.4, -0.2) is 27.0 Å². The second kappa shape index (κ2) is 4.15. The van der Waals surface area contributed by atoms with Crippen molar-refractivity contribution in [2.24, 2.45) is 0 Å². The van der Waals surface area contributed by atoms with Crippen LogP contribution in [0.2, 0.25) is 0 Å². The topological polar surface area (TPSA) is 40.7 Å². The molecule has 1 aliphatic heterocycles. The molecule has 0 spiro atoms. The van der Waals surface area contributed by atoms with E-state index in [9.17, 15) is 0 Å². The number of aromatic nitrogens is 2. The fourth-order valence-corrected chi connectivity index (χ4v) is 2.78. The zero-order chi connectivity index (χ0) is 9.10. The first kappa shape index (κ1) is 9.09. The predicted molar refractivity (Wildman–Crippen MR) is 55.8 cm³/mol. The maximum Gasteiger partial charge on any atom is 0.0922 e. The average molecular weight is 197 g/mol. The highest BCUT2D eigenvalue weighted by atomic mass is 32.2. The van der Waals surface area contributed by atoms with Crippen LogP contribution in [-0.2, 0) is 6.54 Å². The number of aromatic amines is 1. The van der Waals surface area contributed by atoms with Gasteiger partial charge in [0.2, 0.25) is 0 Å². The summed E-state index contributed by atoms with van der Waals surface area (Å²) in [5.74, 6) is 1.25. The van der Waals surface area contributed by atoms with Gasteiger partial charge in [-0.25, -0.2) is 4.98 Å². The number of nitrogens with one attached hydrogen (secondary N) is 2. The molecular formula is C9H15N3S. The largest absolute Gasteiger partial charge is 0.347 e. The smallest absolute Gasteiger partial charge is 0.0922 e. The van der Waals surface area contributed by atoms with Gasteiger partial charge in [-0.05, 0) is 6.42 Å². The van der Waals surface area contributed by atoms with Gasteiger partial charge >= 0.3 is 0 Å². The third-order valence-electron chi connectivity index (χ3n) is 2.33. The molecular weight excluding hydrogens is 182 g/mol.